The van der Waals surface area contributed by atoms with E-state index >= 15 is 0 Å². The molecule has 0 heterocycles. The van der Waals surface area contributed by atoms with Crippen LogP contribution in [0.2, 0.25) is 20.1 Å². The highest BCUT2D eigenvalue weighted by molar-refractivity contribution is 6.67. The Bertz CT molecular complexity index is 560. The van der Waals surface area contributed by atoms with E-state index in [1.165, 1.54) is 0 Å². The smallest absolute Gasteiger partial charge is 0.208 e. The summed E-state index contributed by atoms with van der Waals surface area (Å²) in [6.07, 6.45) is 0. The summed E-state index contributed by atoms with van der Waals surface area (Å²) in [4.78, 5) is 11.7. The lowest BCUT2D eigenvalue weighted by atomic mass is 10.1. The molecule has 0 amide bonds. The van der Waals surface area contributed by atoms with Crippen LogP contribution < -0.4 is 0 Å². The highest BCUT2D eigenvalue weighted by atomic mass is 35.5. The standard InChI is InChI=1S/C9Cl6O/c10-3-1-2(5(12)7(14)6(3)13)9(16)8(15)4(1)11. The van der Waals surface area contributed by atoms with E-state index in [4.69, 9.17) is 69.6 Å². The molecule has 0 saturated heterocycles. The molecule has 0 aliphatic heterocycles. The number of halogens is 6. The van der Waals surface area contributed by atoms with Gasteiger partial charge in [0.25, 0.3) is 0 Å². The van der Waals surface area contributed by atoms with Gasteiger partial charge in [-0.3, -0.25) is 4.79 Å². The number of carbonyl (C=O) groups is 1. The summed E-state index contributed by atoms with van der Waals surface area (Å²) in [5.41, 5.74) is 0.328. The third-order valence-corrected chi connectivity index (χ3v) is 4.74. The summed E-state index contributed by atoms with van der Waals surface area (Å²) >= 11 is 35.1. The van der Waals surface area contributed by atoms with Crippen molar-refractivity contribution in [3.05, 3.63) is 36.2 Å². The predicted octanol–water partition coefficient (Wildman–Crippen LogP) is 5.64. The summed E-state index contributed by atoms with van der Waals surface area (Å²) in [7, 11) is 0. The Hall–Kier alpha value is 0.370. The average Bonchev–Trinajstić information content (AvgIpc) is 2.48. The van der Waals surface area contributed by atoms with Gasteiger partial charge in [-0.2, -0.15) is 0 Å². The van der Waals surface area contributed by atoms with Gasteiger partial charge in [0.2, 0.25) is 5.78 Å². The molecular formula is C9Cl6O. The summed E-state index contributed by atoms with van der Waals surface area (Å²) in [6, 6.07) is 0. The van der Waals surface area contributed by atoms with Crippen LogP contribution in [0.1, 0.15) is 15.9 Å². The fourth-order valence-electron chi connectivity index (χ4n) is 1.37. The first kappa shape index (κ1) is 12.8. The van der Waals surface area contributed by atoms with Gasteiger partial charge < -0.3 is 0 Å². The molecule has 0 spiro atoms. The molecule has 0 saturated carbocycles. The molecule has 1 nitrogen and oxygen atoms in total. The summed E-state index contributed by atoms with van der Waals surface area (Å²) < 4.78 is 0. The van der Waals surface area contributed by atoms with Crippen molar-refractivity contribution < 1.29 is 4.79 Å². The molecule has 0 N–H and O–H groups in total. The molecule has 0 unspecified atom stereocenters. The van der Waals surface area contributed by atoms with Crippen LogP contribution in [0, 0.1) is 0 Å². The van der Waals surface area contributed by atoms with Crippen LogP contribution in [0.15, 0.2) is 5.03 Å². The van der Waals surface area contributed by atoms with Gasteiger partial charge in [-0.05, 0) is 0 Å². The van der Waals surface area contributed by atoms with Crippen LogP contribution in [-0.4, -0.2) is 5.78 Å². The number of benzene rings is 1. The average molecular weight is 337 g/mol. The summed E-state index contributed by atoms with van der Waals surface area (Å²) in [5, 5.41) is 0.0246. The van der Waals surface area contributed by atoms with Crippen molar-refractivity contribution in [2.45, 2.75) is 0 Å². The number of hydrogen-bond acceptors (Lipinski definition) is 1. The monoisotopic (exact) mass is 334 g/mol. The zero-order valence-corrected chi connectivity index (χ0v) is 11.7. The van der Waals surface area contributed by atoms with Gasteiger partial charge in [-0.15, -0.1) is 0 Å². The molecule has 7 heteroatoms. The Kier molecular flexibility index (Phi) is 3.39. The van der Waals surface area contributed by atoms with E-state index in [9.17, 15) is 4.79 Å². The van der Waals surface area contributed by atoms with E-state index in [2.05, 4.69) is 0 Å². The van der Waals surface area contributed by atoms with Crippen molar-refractivity contribution in [3.8, 4) is 0 Å². The van der Waals surface area contributed by atoms with Gasteiger partial charge in [-0.1, -0.05) is 69.6 Å². The highest BCUT2D eigenvalue weighted by Gasteiger charge is 2.35. The minimum atomic E-state index is -0.507. The first-order chi connectivity index (χ1) is 7.37. The van der Waals surface area contributed by atoms with Crippen molar-refractivity contribution in [2.75, 3.05) is 0 Å². The molecule has 0 fully saturated rings. The summed E-state index contributed by atoms with van der Waals surface area (Å²) in [6.45, 7) is 0. The minimum absolute atomic E-state index is 0.00451. The molecular weight excluding hydrogens is 337 g/mol. The van der Waals surface area contributed by atoms with Gasteiger partial charge in [0.15, 0.2) is 0 Å². The Morgan fingerprint density at radius 3 is 1.50 bits per heavy atom. The van der Waals surface area contributed by atoms with Crippen molar-refractivity contribution in [1.29, 1.82) is 0 Å². The molecule has 0 radical (unpaired) electrons. The number of fused-ring (bicyclic) bond motifs is 1. The fourth-order valence-corrected chi connectivity index (χ4v) is 2.92. The van der Waals surface area contributed by atoms with E-state index in [1.807, 2.05) is 0 Å². The van der Waals surface area contributed by atoms with Crippen LogP contribution in [0.25, 0.3) is 5.03 Å². The van der Waals surface area contributed by atoms with E-state index in [0.29, 0.717) is 0 Å². The molecule has 0 atom stereocenters. The second kappa shape index (κ2) is 4.24. The van der Waals surface area contributed by atoms with Crippen molar-refractivity contribution in [3.63, 3.8) is 0 Å². The quantitative estimate of drug-likeness (QED) is 0.442. The van der Waals surface area contributed by atoms with Gasteiger partial charge in [0.05, 0.1) is 30.7 Å². The van der Waals surface area contributed by atoms with E-state index in [0.717, 1.165) is 0 Å². The van der Waals surface area contributed by atoms with Crippen LogP contribution in [0.3, 0.4) is 0 Å². The van der Waals surface area contributed by atoms with E-state index in [1.54, 1.807) is 0 Å². The number of ketones is 1. The van der Waals surface area contributed by atoms with Crippen LogP contribution in [0.4, 0.5) is 0 Å². The highest BCUT2D eigenvalue weighted by Crippen LogP contribution is 2.50. The molecule has 2 rings (SSSR count). The first-order valence-corrected chi connectivity index (χ1v) is 6.11. The molecule has 1 aliphatic carbocycles. The molecule has 1 aromatic carbocycles. The topological polar surface area (TPSA) is 17.1 Å². The van der Waals surface area contributed by atoms with Crippen molar-refractivity contribution in [2.24, 2.45) is 0 Å². The summed E-state index contributed by atoms with van der Waals surface area (Å²) in [5.74, 6) is -0.507. The zero-order chi connectivity index (χ0) is 12.2. The maximum Gasteiger partial charge on any atom is 0.208 e. The van der Waals surface area contributed by atoms with Gasteiger partial charge >= 0.3 is 0 Å². The maximum absolute atomic E-state index is 11.7. The van der Waals surface area contributed by atoms with Gasteiger partial charge in [0.1, 0.15) is 5.03 Å². The molecule has 84 valence electrons. The molecule has 1 aliphatic rings. The lowest BCUT2D eigenvalue weighted by molar-refractivity contribution is 0.104. The van der Waals surface area contributed by atoms with Gasteiger partial charge in [-0.25, -0.2) is 0 Å². The van der Waals surface area contributed by atoms with E-state index < -0.39 is 5.78 Å². The predicted molar refractivity (Wildman–Crippen MR) is 69.4 cm³/mol. The molecule has 16 heavy (non-hydrogen) atoms. The Labute approximate surface area is 121 Å². The number of hydrogen-bond donors (Lipinski definition) is 0. The number of allylic oxidation sites excluding steroid dienone is 1. The lowest BCUT2D eigenvalue weighted by Gasteiger charge is -2.09. The lowest BCUT2D eigenvalue weighted by Crippen LogP contribution is -1.97. The van der Waals surface area contributed by atoms with Gasteiger partial charge in [0, 0.05) is 5.56 Å². The third kappa shape index (κ3) is 1.58. The largest absolute Gasteiger partial charge is 0.287 e. The molecule has 1 aromatic rings. The zero-order valence-electron chi connectivity index (χ0n) is 7.18. The number of Topliss-reactive ketones (excluding diaryl/α,β-unsaturated/α-hetero) is 1. The van der Waals surface area contributed by atoms with Crippen molar-refractivity contribution in [1.82, 2.24) is 0 Å². The number of rotatable bonds is 0. The maximum atomic E-state index is 11.7. The molecule has 0 aromatic heterocycles. The second-order valence-electron chi connectivity index (χ2n) is 2.96. The Morgan fingerprint density at radius 1 is 0.562 bits per heavy atom. The normalized spacial score (nSPS) is 14.8. The molecule has 0 bridgehead atoms. The number of carbonyl (C=O) groups excluding carboxylic acids is 1. The van der Waals surface area contributed by atoms with Crippen LogP contribution in [-0.2, 0) is 0 Å². The first-order valence-electron chi connectivity index (χ1n) is 3.84. The third-order valence-electron chi connectivity index (χ3n) is 2.11. The fraction of sp³-hybridized carbons (Fsp3) is 0. The second-order valence-corrected chi connectivity index (χ2v) is 5.23. The Balaban J connectivity index is 2.94. The van der Waals surface area contributed by atoms with E-state index in [-0.39, 0.29) is 41.3 Å². The Morgan fingerprint density at radius 2 is 1.00 bits per heavy atom. The SMILES string of the molecule is O=C1C(Cl)=C(Cl)c2c(Cl)c(Cl)c(Cl)c(Cl)c21. The van der Waals surface area contributed by atoms with Crippen LogP contribution in [0.5, 0.6) is 0 Å². The van der Waals surface area contributed by atoms with Crippen LogP contribution >= 0.6 is 69.6 Å². The van der Waals surface area contributed by atoms with Crippen molar-refractivity contribution >= 4 is 80.4 Å². The minimum Gasteiger partial charge on any atom is -0.287 e.